The van der Waals surface area contributed by atoms with E-state index in [-0.39, 0.29) is 27.1 Å². The van der Waals surface area contributed by atoms with Crippen LogP contribution in [0.3, 0.4) is 0 Å². The van der Waals surface area contributed by atoms with E-state index in [9.17, 15) is 54.5 Å². The first-order valence-electron chi connectivity index (χ1n) is 9.52. The average Bonchev–Trinajstić information content (AvgIpc) is 2.73. The van der Waals surface area contributed by atoms with Crippen LogP contribution in [0.25, 0.3) is 21.5 Å². The molecule has 0 aliphatic rings. The first kappa shape index (κ1) is 26.6. The zero-order valence-electron chi connectivity index (χ0n) is 17.2. The molecule has 3 aromatic rings. The van der Waals surface area contributed by atoms with Crippen LogP contribution in [0.15, 0.2) is 47.4 Å². The number of nitrogens with zero attached hydrogens (tertiary/aromatic N) is 1. The molecule has 3 rings (SSSR count). The molecular weight excluding hydrogens is 512 g/mol. The summed E-state index contributed by atoms with van der Waals surface area (Å²) in [6, 6.07) is 8.53. The SMILES string of the molecule is O=[N+]([O-])c1cc2c(COCCC(O)(C(F)(F)F)C(F)(F)F)cccc2c2c(S(=O)(=O)O)cccc12. The smallest absolute Gasteiger partial charge is 0.377 e. The Hall–Kier alpha value is -3.01. The van der Waals surface area contributed by atoms with Gasteiger partial charge in [-0.1, -0.05) is 24.3 Å². The molecule has 8 nitrogen and oxygen atoms in total. The molecule has 0 spiro atoms. The van der Waals surface area contributed by atoms with Crippen molar-refractivity contribution in [1.82, 2.24) is 0 Å². The van der Waals surface area contributed by atoms with Gasteiger partial charge in [0.25, 0.3) is 21.4 Å². The molecule has 0 unspecified atom stereocenters. The Labute approximate surface area is 192 Å². The van der Waals surface area contributed by atoms with Gasteiger partial charge in [-0.25, -0.2) is 0 Å². The second kappa shape index (κ2) is 8.89. The highest BCUT2D eigenvalue weighted by atomic mass is 32.2. The molecule has 0 heterocycles. The van der Waals surface area contributed by atoms with Crippen LogP contribution in [0.5, 0.6) is 0 Å². The van der Waals surface area contributed by atoms with Crippen LogP contribution >= 0.6 is 0 Å². The number of alkyl halides is 6. The van der Waals surface area contributed by atoms with Crippen molar-refractivity contribution in [3.8, 4) is 0 Å². The minimum atomic E-state index is -6.01. The molecular formula is C20H15F6NO7S. The van der Waals surface area contributed by atoms with Gasteiger partial charge in [-0.15, -0.1) is 0 Å². The maximum absolute atomic E-state index is 12.8. The number of fused-ring (bicyclic) bond motifs is 3. The number of benzene rings is 3. The number of aliphatic hydroxyl groups is 1. The molecule has 0 saturated heterocycles. The summed E-state index contributed by atoms with van der Waals surface area (Å²) in [7, 11) is -4.84. The molecule has 3 aromatic carbocycles. The molecule has 15 heteroatoms. The monoisotopic (exact) mass is 527 g/mol. The van der Waals surface area contributed by atoms with Gasteiger partial charge in [-0.2, -0.15) is 34.8 Å². The van der Waals surface area contributed by atoms with Crippen molar-refractivity contribution < 1.29 is 54.1 Å². The van der Waals surface area contributed by atoms with E-state index < -0.39 is 63.2 Å². The maximum Gasteiger partial charge on any atom is 0.426 e. The van der Waals surface area contributed by atoms with Gasteiger partial charge in [0.15, 0.2) is 0 Å². The van der Waals surface area contributed by atoms with Gasteiger partial charge in [-0.05, 0) is 28.5 Å². The lowest BCUT2D eigenvalue weighted by molar-refractivity contribution is -0.383. The Morgan fingerprint density at radius 1 is 0.943 bits per heavy atom. The molecule has 190 valence electrons. The summed E-state index contributed by atoms with van der Waals surface area (Å²) >= 11 is 0. The number of halogens is 6. The van der Waals surface area contributed by atoms with Crippen LogP contribution in [0.2, 0.25) is 0 Å². The van der Waals surface area contributed by atoms with Crippen LogP contribution in [0.1, 0.15) is 12.0 Å². The van der Waals surface area contributed by atoms with E-state index in [0.717, 1.165) is 12.1 Å². The Kier molecular flexibility index (Phi) is 6.76. The summed E-state index contributed by atoms with van der Waals surface area (Å²) in [6.45, 7) is -1.81. The zero-order valence-corrected chi connectivity index (χ0v) is 18.0. The van der Waals surface area contributed by atoms with Crippen molar-refractivity contribution in [1.29, 1.82) is 0 Å². The molecule has 2 N–H and O–H groups in total. The fraction of sp³-hybridized carbons (Fsp3) is 0.300. The highest BCUT2D eigenvalue weighted by Crippen LogP contribution is 2.45. The lowest BCUT2D eigenvalue weighted by atomic mass is 9.97. The number of hydrogen-bond acceptors (Lipinski definition) is 6. The fourth-order valence-electron chi connectivity index (χ4n) is 3.58. The van der Waals surface area contributed by atoms with Crippen LogP contribution in [-0.4, -0.2) is 47.6 Å². The van der Waals surface area contributed by atoms with E-state index in [2.05, 4.69) is 0 Å². The van der Waals surface area contributed by atoms with E-state index >= 15 is 0 Å². The Bertz CT molecular complexity index is 1390. The molecule has 0 aliphatic heterocycles. The van der Waals surface area contributed by atoms with Gasteiger partial charge in [0, 0.05) is 17.9 Å². The Balaban J connectivity index is 2.05. The summed E-state index contributed by atoms with van der Waals surface area (Å²) < 4.78 is 115. The molecule has 0 aromatic heterocycles. The Morgan fingerprint density at radius 2 is 1.51 bits per heavy atom. The molecule has 35 heavy (non-hydrogen) atoms. The van der Waals surface area contributed by atoms with Gasteiger partial charge in [0.1, 0.15) is 4.90 Å². The minimum Gasteiger partial charge on any atom is -0.377 e. The number of nitro groups is 1. The van der Waals surface area contributed by atoms with Crippen LogP contribution < -0.4 is 0 Å². The van der Waals surface area contributed by atoms with Gasteiger partial charge >= 0.3 is 12.4 Å². The highest BCUT2D eigenvalue weighted by molar-refractivity contribution is 7.86. The van der Waals surface area contributed by atoms with Crippen molar-refractivity contribution >= 4 is 37.4 Å². The molecule has 0 bridgehead atoms. The van der Waals surface area contributed by atoms with E-state index in [0.29, 0.717) is 0 Å². The van der Waals surface area contributed by atoms with Crippen molar-refractivity contribution in [2.45, 2.75) is 35.9 Å². The van der Waals surface area contributed by atoms with Gasteiger partial charge in [0.05, 0.1) is 23.5 Å². The van der Waals surface area contributed by atoms with Gasteiger partial charge in [-0.3, -0.25) is 14.7 Å². The van der Waals surface area contributed by atoms with Crippen molar-refractivity contribution in [2.75, 3.05) is 6.61 Å². The predicted molar refractivity (Wildman–Crippen MR) is 109 cm³/mol. The zero-order chi connectivity index (χ0) is 26.4. The lowest BCUT2D eigenvalue weighted by Crippen LogP contribution is -2.57. The third-order valence-corrected chi connectivity index (χ3v) is 6.22. The van der Waals surface area contributed by atoms with Crippen molar-refractivity contribution in [3.63, 3.8) is 0 Å². The van der Waals surface area contributed by atoms with Gasteiger partial charge < -0.3 is 9.84 Å². The summed E-state index contributed by atoms with van der Waals surface area (Å²) in [5.74, 6) is 0. The minimum absolute atomic E-state index is 0.0182. The molecule has 0 radical (unpaired) electrons. The van der Waals surface area contributed by atoms with E-state index in [4.69, 9.17) is 4.74 Å². The van der Waals surface area contributed by atoms with Crippen LogP contribution in [-0.2, 0) is 21.5 Å². The maximum atomic E-state index is 12.8. The summed E-state index contributed by atoms with van der Waals surface area (Å²) in [5, 5.41) is 20.6. The third-order valence-electron chi connectivity index (χ3n) is 5.33. The third kappa shape index (κ3) is 4.89. The summed E-state index contributed by atoms with van der Waals surface area (Å²) in [4.78, 5) is 10.2. The summed E-state index contributed by atoms with van der Waals surface area (Å²) in [5.41, 5.74) is -5.49. The number of ether oxygens (including phenoxy) is 1. The first-order chi connectivity index (χ1) is 16.0. The standard InChI is InChI=1S/C20H15F6NO7S/c21-19(22,23)18(28,20(24,25)26)7-8-34-10-11-3-1-4-12-14(11)9-15(27(29)30)13-5-2-6-16(17(12)13)35(31,32)33/h1-6,9,28H,7-8,10H2,(H,31,32,33). The van der Waals surface area contributed by atoms with Crippen LogP contribution in [0.4, 0.5) is 32.0 Å². The largest absolute Gasteiger partial charge is 0.426 e. The number of hydrogen-bond donors (Lipinski definition) is 2. The molecule has 0 saturated carbocycles. The Morgan fingerprint density at radius 3 is 2.06 bits per heavy atom. The molecule has 0 fully saturated rings. The first-order valence-corrected chi connectivity index (χ1v) is 11.0. The van der Waals surface area contributed by atoms with E-state index in [1.165, 1.54) is 30.3 Å². The molecule has 0 aliphatic carbocycles. The van der Waals surface area contributed by atoms with E-state index in [1.807, 2.05) is 0 Å². The number of rotatable bonds is 7. The number of non-ortho nitro benzene ring substituents is 1. The second-order valence-electron chi connectivity index (χ2n) is 7.48. The van der Waals surface area contributed by atoms with Crippen LogP contribution in [0, 0.1) is 10.1 Å². The van der Waals surface area contributed by atoms with Crippen molar-refractivity contribution in [3.05, 3.63) is 58.1 Å². The molecule has 0 atom stereocenters. The molecule has 0 amide bonds. The highest BCUT2D eigenvalue weighted by Gasteiger charge is 2.69. The van der Waals surface area contributed by atoms with Crippen molar-refractivity contribution in [2.24, 2.45) is 0 Å². The normalized spacial score (nSPS) is 13.5. The number of nitro benzene ring substituents is 1. The van der Waals surface area contributed by atoms with Gasteiger partial charge in [0.2, 0.25) is 0 Å². The second-order valence-corrected chi connectivity index (χ2v) is 8.87. The van der Waals surface area contributed by atoms with E-state index in [1.54, 1.807) is 0 Å². The average molecular weight is 527 g/mol. The predicted octanol–water partition coefficient (Wildman–Crippen LogP) is 4.91. The fourth-order valence-corrected chi connectivity index (χ4v) is 4.30. The summed E-state index contributed by atoms with van der Waals surface area (Å²) in [6.07, 6.45) is -13.9. The topological polar surface area (TPSA) is 127 Å². The quantitative estimate of drug-likeness (QED) is 0.112. The lowest BCUT2D eigenvalue weighted by Gasteiger charge is -2.32.